The average Bonchev–Trinajstić information content (AvgIpc) is 2.35. The van der Waals surface area contributed by atoms with Crippen LogP contribution < -0.4 is 0 Å². The maximum Gasteiger partial charge on any atom is 0.299 e. The summed E-state index contributed by atoms with van der Waals surface area (Å²) in [6.45, 7) is 3.82. The summed E-state index contributed by atoms with van der Waals surface area (Å²) in [6, 6.07) is 0. The van der Waals surface area contributed by atoms with Crippen molar-refractivity contribution in [2.24, 2.45) is 0 Å². The van der Waals surface area contributed by atoms with Crippen LogP contribution in [0.5, 0.6) is 0 Å². The smallest absolute Gasteiger partial charge is 0.284 e. The van der Waals surface area contributed by atoms with Crippen LogP contribution in [0.1, 0.15) is 78.1 Å². The van der Waals surface area contributed by atoms with Gasteiger partial charge in [-0.15, -0.1) is 0 Å². The van der Waals surface area contributed by atoms with E-state index in [1.165, 1.54) is 44.9 Å². The molecule has 0 fully saturated rings. The van der Waals surface area contributed by atoms with Gasteiger partial charge in [0.1, 0.15) is 0 Å². The molecule has 0 aromatic carbocycles. The number of carboxylic acids is 1. The van der Waals surface area contributed by atoms with E-state index in [9.17, 15) is 9.59 Å². The van der Waals surface area contributed by atoms with E-state index < -0.39 is 17.3 Å². The predicted molar refractivity (Wildman–Crippen MR) is 89.3 cm³/mol. The molecule has 0 rings (SSSR count). The molecular formula is C14H29NaO6S. The molecule has 6 nitrogen and oxygen atoms in total. The molecule has 0 amide bonds. The SMILES string of the molecule is CCCCCCCCCCCC(=O)O.C[C](=O)[Na].O=S(O)O. The summed E-state index contributed by atoms with van der Waals surface area (Å²) in [5, 5.41) is 8.41. The van der Waals surface area contributed by atoms with Gasteiger partial charge in [-0.25, -0.2) is 0 Å². The summed E-state index contributed by atoms with van der Waals surface area (Å²) >= 11 is -1.90. The number of carboxylic acid groups (broad SMARTS) is 1. The standard InChI is InChI=1S/C12H24O2.C2H3O.Na.H2O3S/c1-2-3-4-5-6-7-8-9-10-11-12(13)14;1-2-3;;1-4(2)3/h2-11H2,1H3,(H,13,14);1H3;;(H2,1,2,3). The van der Waals surface area contributed by atoms with Gasteiger partial charge in [-0.1, -0.05) is 58.3 Å². The molecular weight excluding hydrogens is 319 g/mol. The third-order valence-electron chi connectivity index (χ3n) is 2.49. The Morgan fingerprint density at radius 1 is 0.909 bits per heavy atom. The number of hydrogen-bond donors (Lipinski definition) is 3. The van der Waals surface area contributed by atoms with Crippen LogP contribution >= 0.6 is 0 Å². The monoisotopic (exact) mass is 348 g/mol. The molecule has 0 aromatic rings. The number of unbranched alkanes of at least 4 members (excludes halogenated alkanes) is 8. The molecule has 0 radical (unpaired) electrons. The second-order valence-corrected chi connectivity index (χ2v) is 6.98. The summed E-state index contributed by atoms with van der Waals surface area (Å²) in [6.07, 6.45) is 11.5. The largest absolute Gasteiger partial charge is 0.299 e. The van der Waals surface area contributed by atoms with Crippen molar-refractivity contribution in [1.29, 1.82) is 0 Å². The molecule has 0 aliphatic rings. The quantitative estimate of drug-likeness (QED) is 0.317. The Morgan fingerprint density at radius 3 is 1.45 bits per heavy atom. The van der Waals surface area contributed by atoms with E-state index in [-0.39, 0.29) is 0 Å². The van der Waals surface area contributed by atoms with Gasteiger partial charge in [-0.05, 0) is 6.42 Å². The number of hydrogen-bond acceptors (Lipinski definition) is 3. The minimum atomic E-state index is -2.61. The third-order valence-corrected chi connectivity index (χ3v) is 2.49. The average molecular weight is 348 g/mol. The van der Waals surface area contributed by atoms with Gasteiger partial charge in [0.15, 0.2) is 0 Å². The van der Waals surface area contributed by atoms with Gasteiger partial charge in [-0.3, -0.25) is 13.9 Å². The van der Waals surface area contributed by atoms with E-state index in [2.05, 4.69) is 6.92 Å². The van der Waals surface area contributed by atoms with Gasteiger partial charge in [0, 0.05) is 6.42 Å². The van der Waals surface area contributed by atoms with Crippen molar-refractivity contribution >= 4 is 48.3 Å². The second kappa shape index (κ2) is 23.5. The Balaban J connectivity index is -0.000000372. The van der Waals surface area contributed by atoms with Gasteiger partial charge in [0.2, 0.25) is 0 Å². The fourth-order valence-electron chi connectivity index (χ4n) is 1.59. The Kier molecular flexibility index (Phi) is 28.9. The van der Waals surface area contributed by atoms with Gasteiger partial charge in [0.25, 0.3) is 11.4 Å². The fraction of sp³-hybridized carbons (Fsp3) is 0.857. The molecule has 0 saturated heterocycles. The number of aliphatic carboxylic acids is 1. The van der Waals surface area contributed by atoms with Crippen LogP contribution in [0.4, 0.5) is 0 Å². The number of carbonyl (C=O) groups excluding carboxylic acids is 1. The van der Waals surface area contributed by atoms with E-state index in [0.717, 1.165) is 12.8 Å². The normalized spacial score (nSPS) is 9.41. The minimum absolute atomic E-state index is 0.306. The second-order valence-electron chi connectivity index (χ2n) is 5.11. The summed E-state index contributed by atoms with van der Waals surface area (Å²) in [5.74, 6) is -0.659. The van der Waals surface area contributed by atoms with Crippen molar-refractivity contribution in [2.45, 2.75) is 78.1 Å². The summed E-state index contributed by atoms with van der Waals surface area (Å²) in [7, 11) is 0. The van der Waals surface area contributed by atoms with Crippen LogP contribution in [0.3, 0.4) is 0 Å². The van der Waals surface area contributed by atoms with E-state index in [1.807, 2.05) is 0 Å². The van der Waals surface area contributed by atoms with Gasteiger partial charge in [0.05, 0.1) is 0 Å². The Morgan fingerprint density at radius 2 is 1.18 bits per heavy atom. The molecule has 0 aromatic heterocycles. The summed E-state index contributed by atoms with van der Waals surface area (Å²) < 4.78 is 23.1. The zero-order valence-corrected chi connectivity index (χ0v) is 16.9. The zero-order valence-electron chi connectivity index (χ0n) is 14.0. The van der Waals surface area contributed by atoms with Crippen LogP contribution in [0, 0.1) is 0 Å². The maximum atomic E-state index is 10.2. The third kappa shape index (κ3) is 59.3. The molecule has 0 unspecified atom stereocenters. The topological polar surface area (TPSA) is 112 Å². The van der Waals surface area contributed by atoms with E-state index in [0.29, 0.717) is 37.4 Å². The zero-order chi connectivity index (χ0) is 17.8. The predicted octanol–water partition coefficient (Wildman–Crippen LogP) is 3.37. The van der Waals surface area contributed by atoms with Crippen LogP contribution in [-0.2, 0) is 21.0 Å². The van der Waals surface area contributed by atoms with Crippen molar-refractivity contribution in [3.8, 4) is 0 Å². The van der Waals surface area contributed by atoms with Crippen molar-refractivity contribution in [1.82, 2.24) is 0 Å². The molecule has 0 bridgehead atoms. The van der Waals surface area contributed by atoms with Crippen LogP contribution in [0.25, 0.3) is 0 Å². The Hall–Kier alpha value is 0.210. The first-order valence-corrected chi connectivity index (χ1v) is 9.79. The molecule has 22 heavy (non-hydrogen) atoms. The van der Waals surface area contributed by atoms with Crippen LogP contribution in [0.2, 0.25) is 0 Å². The minimum Gasteiger partial charge on any atom is -0.284 e. The van der Waals surface area contributed by atoms with Crippen molar-refractivity contribution in [3.05, 3.63) is 0 Å². The summed E-state index contributed by atoms with van der Waals surface area (Å²) in [4.78, 5) is 19.7. The van der Waals surface area contributed by atoms with Gasteiger partial charge >= 0.3 is 48.7 Å². The van der Waals surface area contributed by atoms with Crippen LogP contribution in [0.15, 0.2) is 0 Å². The van der Waals surface area contributed by atoms with E-state index in [4.69, 9.17) is 18.4 Å². The first-order valence-electron chi connectivity index (χ1n) is 7.72. The molecule has 0 saturated carbocycles. The maximum absolute atomic E-state index is 10.2. The molecule has 0 aliphatic heterocycles. The molecule has 128 valence electrons. The first kappa shape index (κ1) is 27.1. The Labute approximate surface area is 154 Å². The molecule has 0 heterocycles. The first-order chi connectivity index (χ1) is 10.2. The number of carbonyl (C=O) groups is 2. The van der Waals surface area contributed by atoms with E-state index >= 15 is 0 Å². The number of rotatable bonds is 10. The molecule has 3 N–H and O–H groups in total. The van der Waals surface area contributed by atoms with Gasteiger partial charge < -0.3 is 5.11 Å². The van der Waals surface area contributed by atoms with Crippen molar-refractivity contribution in [3.63, 3.8) is 0 Å². The van der Waals surface area contributed by atoms with E-state index in [1.54, 1.807) is 6.92 Å². The van der Waals surface area contributed by atoms with Crippen molar-refractivity contribution < 1.29 is 28.0 Å². The van der Waals surface area contributed by atoms with Crippen LogP contribution in [-0.4, -0.2) is 55.4 Å². The van der Waals surface area contributed by atoms with Gasteiger partial charge in [-0.2, -0.15) is 4.21 Å². The Bertz CT molecular complexity index is 267. The molecule has 8 heteroatoms. The van der Waals surface area contributed by atoms with Crippen molar-refractivity contribution in [2.75, 3.05) is 0 Å². The fourth-order valence-corrected chi connectivity index (χ4v) is 1.59. The summed E-state index contributed by atoms with van der Waals surface area (Å²) in [5.41, 5.74) is 0. The molecule has 0 spiro atoms. The molecule has 0 atom stereocenters. The molecule has 0 aliphatic carbocycles.